The van der Waals surface area contributed by atoms with Gasteiger partial charge in [0.15, 0.2) is 0 Å². The molecule has 0 spiro atoms. The number of aliphatic hydroxyl groups is 1. The third-order valence-corrected chi connectivity index (χ3v) is 3.88. The number of halogens is 1. The standard InChI is InChI=1S/C13H15BrN4O/c1-13(19)5-8(6-13)16-11-9-3-2-7(14)4-10(9)17-12(15)18-11/h2-4,8,19H,5-6H2,1H3,(H3,15,16,17,18)/t8-,13+. The number of hydrogen-bond donors (Lipinski definition) is 3. The van der Waals surface area contributed by atoms with Crippen molar-refractivity contribution in [3.05, 3.63) is 22.7 Å². The van der Waals surface area contributed by atoms with Crippen LogP contribution in [0.1, 0.15) is 19.8 Å². The van der Waals surface area contributed by atoms with Crippen molar-refractivity contribution in [2.75, 3.05) is 11.1 Å². The summed E-state index contributed by atoms with van der Waals surface area (Å²) >= 11 is 3.42. The number of nitrogen functional groups attached to an aromatic ring is 1. The topological polar surface area (TPSA) is 84.1 Å². The maximum atomic E-state index is 9.76. The molecular formula is C13H15BrN4O. The monoisotopic (exact) mass is 322 g/mol. The van der Waals surface area contributed by atoms with Crippen molar-refractivity contribution in [1.29, 1.82) is 0 Å². The van der Waals surface area contributed by atoms with E-state index in [0.29, 0.717) is 0 Å². The van der Waals surface area contributed by atoms with E-state index < -0.39 is 5.60 Å². The molecule has 1 saturated carbocycles. The number of rotatable bonds is 2. The van der Waals surface area contributed by atoms with Gasteiger partial charge in [-0.05, 0) is 38.0 Å². The number of fused-ring (bicyclic) bond motifs is 1. The minimum Gasteiger partial charge on any atom is -0.390 e. The molecule has 1 aliphatic rings. The average molecular weight is 323 g/mol. The van der Waals surface area contributed by atoms with Gasteiger partial charge in [-0.1, -0.05) is 15.9 Å². The Morgan fingerprint density at radius 1 is 1.42 bits per heavy atom. The summed E-state index contributed by atoms with van der Waals surface area (Å²) < 4.78 is 0.954. The maximum Gasteiger partial charge on any atom is 0.222 e. The number of nitrogens with zero attached hydrogens (tertiary/aromatic N) is 2. The van der Waals surface area contributed by atoms with E-state index in [-0.39, 0.29) is 12.0 Å². The van der Waals surface area contributed by atoms with Crippen LogP contribution in [0.5, 0.6) is 0 Å². The number of nitrogens with one attached hydrogen (secondary N) is 1. The van der Waals surface area contributed by atoms with E-state index in [2.05, 4.69) is 31.2 Å². The molecule has 0 amide bonds. The minimum atomic E-state index is -0.560. The van der Waals surface area contributed by atoms with Crippen LogP contribution in [0, 0.1) is 0 Å². The Morgan fingerprint density at radius 2 is 2.16 bits per heavy atom. The molecule has 6 heteroatoms. The van der Waals surface area contributed by atoms with Gasteiger partial charge in [0.2, 0.25) is 5.95 Å². The van der Waals surface area contributed by atoms with E-state index in [0.717, 1.165) is 34.0 Å². The Morgan fingerprint density at radius 3 is 2.84 bits per heavy atom. The first kappa shape index (κ1) is 12.6. The van der Waals surface area contributed by atoms with Gasteiger partial charge in [-0.15, -0.1) is 0 Å². The first-order valence-electron chi connectivity index (χ1n) is 6.15. The molecule has 2 aromatic rings. The van der Waals surface area contributed by atoms with Crippen LogP contribution in [-0.4, -0.2) is 26.7 Å². The largest absolute Gasteiger partial charge is 0.390 e. The third-order valence-electron chi connectivity index (χ3n) is 3.39. The van der Waals surface area contributed by atoms with Crippen LogP contribution in [0.4, 0.5) is 11.8 Å². The number of nitrogens with two attached hydrogens (primary N) is 1. The molecule has 0 atom stereocenters. The van der Waals surface area contributed by atoms with Crippen LogP contribution in [0.2, 0.25) is 0 Å². The SMILES string of the molecule is C[C@]1(O)C[C@@H](Nc2nc(N)nc3cc(Br)ccc23)C1. The summed E-state index contributed by atoms with van der Waals surface area (Å²) in [6, 6.07) is 6.05. The summed E-state index contributed by atoms with van der Waals surface area (Å²) in [5.74, 6) is 0.981. The van der Waals surface area contributed by atoms with Gasteiger partial charge in [-0.2, -0.15) is 4.98 Å². The van der Waals surface area contributed by atoms with E-state index in [1.807, 2.05) is 25.1 Å². The molecule has 0 unspecified atom stereocenters. The number of hydrogen-bond acceptors (Lipinski definition) is 5. The molecule has 1 heterocycles. The molecule has 0 saturated heterocycles. The van der Waals surface area contributed by atoms with Gasteiger partial charge in [-0.3, -0.25) is 0 Å². The van der Waals surface area contributed by atoms with Gasteiger partial charge >= 0.3 is 0 Å². The van der Waals surface area contributed by atoms with Crippen molar-refractivity contribution in [3.8, 4) is 0 Å². The van der Waals surface area contributed by atoms with Gasteiger partial charge in [0.25, 0.3) is 0 Å². The highest BCUT2D eigenvalue weighted by Gasteiger charge is 2.38. The second-order valence-corrected chi connectivity index (χ2v) is 6.25. The number of benzene rings is 1. The van der Waals surface area contributed by atoms with Crippen molar-refractivity contribution >= 4 is 38.6 Å². The van der Waals surface area contributed by atoms with Crippen LogP contribution in [0.3, 0.4) is 0 Å². The van der Waals surface area contributed by atoms with Crippen LogP contribution in [0.25, 0.3) is 10.9 Å². The molecule has 1 fully saturated rings. The molecular weight excluding hydrogens is 308 g/mol. The molecule has 19 heavy (non-hydrogen) atoms. The summed E-state index contributed by atoms with van der Waals surface area (Å²) in [6.45, 7) is 1.84. The molecule has 1 aromatic carbocycles. The molecule has 4 N–H and O–H groups in total. The lowest BCUT2D eigenvalue weighted by Crippen LogP contribution is -2.48. The predicted molar refractivity (Wildman–Crippen MR) is 78.9 cm³/mol. The fraction of sp³-hybridized carbons (Fsp3) is 0.385. The van der Waals surface area contributed by atoms with E-state index >= 15 is 0 Å². The first-order valence-corrected chi connectivity index (χ1v) is 6.94. The summed E-state index contributed by atoms with van der Waals surface area (Å²) in [5, 5.41) is 14.0. The highest BCUT2D eigenvalue weighted by molar-refractivity contribution is 9.10. The van der Waals surface area contributed by atoms with E-state index in [9.17, 15) is 5.11 Å². The Balaban J connectivity index is 1.94. The number of anilines is 2. The summed E-state index contributed by atoms with van der Waals surface area (Å²) in [6.07, 6.45) is 1.43. The summed E-state index contributed by atoms with van der Waals surface area (Å²) in [5.41, 5.74) is 5.98. The Bertz CT molecular complexity index is 631. The molecule has 1 aliphatic carbocycles. The van der Waals surface area contributed by atoms with Gasteiger partial charge in [0.1, 0.15) is 5.82 Å². The summed E-state index contributed by atoms with van der Waals surface area (Å²) in [4.78, 5) is 8.48. The molecule has 3 rings (SSSR count). The fourth-order valence-electron chi connectivity index (χ4n) is 2.53. The Hall–Kier alpha value is -1.40. The molecule has 5 nitrogen and oxygen atoms in total. The normalized spacial score (nSPS) is 26.2. The Kier molecular flexibility index (Phi) is 2.87. The van der Waals surface area contributed by atoms with Gasteiger partial charge in [0, 0.05) is 15.9 Å². The van der Waals surface area contributed by atoms with Crippen molar-refractivity contribution in [3.63, 3.8) is 0 Å². The Labute approximate surface area is 119 Å². The van der Waals surface area contributed by atoms with Gasteiger partial charge in [0.05, 0.1) is 11.1 Å². The minimum absolute atomic E-state index is 0.233. The lowest BCUT2D eigenvalue weighted by Gasteiger charge is -2.41. The van der Waals surface area contributed by atoms with Crippen LogP contribution in [0.15, 0.2) is 22.7 Å². The van der Waals surface area contributed by atoms with Crippen molar-refractivity contribution in [1.82, 2.24) is 9.97 Å². The average Bonchev–Trinajstić information content (AvgIpc) is 2.25. The molecule has 100 valence electrons. The van der Waals surface area contributed by atoms with Gasteiger partial charge < -0.3 is 16.2 Å². The molecule has 1 aromatic heterocycles. The molecule has 0 bridgehead atoms. The second kappa shape index (κ2) is 4.31. The lowest BCUT2D eigenvalue weighted by molar-refractivity contribution is -0.0234. The summed E-state index contributed by atoms with van der Waals surface area (Å²) in [7, 11) is 0. The van der Waals surface area contributed by atoms with Crippen LogP contribution in [-0.2, 0) is 0 Å². The molecule has 0 aliphatic heterocycles. The predicted octanol–water partition coefficient (Wildman–Crippen LogP) is 2.30. The smallest absolute Gasteiger partial charge is 0.222 e. The van der Waals surface area contributed by atoms with E-state index in [1.165, 1.54) is 0 Å². The zero-order valence-electron chi connectivity index (χ0n) is 10.5. The van der Waals surface area contributed by atoms with Crippen molar-refractivity contribution in [2.24, 2.45) is 0 Å². The zero-order chi connectivity index (χ0) is 13.6. The van der Waals surface area contributed by atoms with Crippen molar-refractivity contribution < 1.29 is 5.11 Å². The third kappa shape index (κ3) is 2.50. The number of aromatic nitrogens is 2. The lowest BCUT2D eigenvalue weighted by atomic mass is 9.77. The van der Waals surface area contributed by atoms with Gasteiger partial charge in [-0.25, -0.2) is 4.98 Å². The first-order chi connectivity index (χ1) is 8.93. The second-order valence-electron chi connectivity index (χ2n) is 5.34. The fourth-order valence-corrected chi connectivity index (χ4v) is 2.88. The zero-order valence-corrected chi connectivity index (χ0v) is 12.1. The van der Waals surface area contributed by atoms with Crippen LogP contribution < -0.4 is 11.1 Å². The van der Waals surface area contributed by atoms with Crippen LogP contribution >= 0.6 is 15.9 Å². The molecule has 0 radical (unpaired) electrons. The maximum absolute atomic E-state index is 9.76. The highest BCUT2D eigenvalue weighted by atomic mass is 79.9. The highest BCUT2D eigenvalue weighted by Crippen LogP contribution is 2.35. The van der Waals surface area contributed by atoms with Crippen molar-refractivity contribution in [2.45, 2.75) is 31.4 Å². The van der Waals surface area contributed by atoms with E-state index in [4.69, 9.17) is 5.73 Å². The van der Waals surface area contributed by atoms with E-state index in [1.54, 1.807) is 0 Å². The quantitative estimate of drug-likeness (QED) is 0.790.